The van der Waals surface area contributed by atoms with Crippen molar-refractivity contribution in [3.05, 3.63) is 29.8 Å². The highest BCUT2D eigenvalue weighted by Crippen LogP contribution is 2.48. The van der Waals surface area contributed by atoms with E-state index in [9.17, 15) is 4.79 Å². The molecule has 2 nitrogen and oxygen atoms in total. The third-order valence-electron chi connectivity index (χ3n) is 4.93. The Kier molecular flexibility index (Phi) is 4.85. The first kappa shape index (κ1) is 15.1. The van der Waals surface area contributed by atoms with E-state index in [-0.39, 0.29) is 5.41 Å². The first-order valence-electron chi connectivity index (χ1n) is 7.75. The predicted octanol–water partition coefficient (Wildman–Crippen LogP) is 4.41. The van der Waals surface area contributed by atoms with Crippen molar-refractivity contribution in [3.8, 4) is 5.75 Å². The van der Waals surface area contributed by atoms with Crippen LogP contribution in [0, 0.1) is 11.3 Å². The first-order valence-corrected chi connectivity index (χ1v) is 7.75. The van der Waals surface area contributed by atoms with Gasteiger partial charge in [-0.2, -0.15) is 0 Å². The number of Topliss-reactive ketones (excluding diaryl/α,β-unsaturated/α-hetero) is 1. The van der Waals surface area contributed by atoms with Crippen LogP contribution in [0.4, 0.5) is 0 Å². The van der Waals surface area contributed by atoms with Gasteiger partial charge in [-0.05, 0) is 49.3 Å². The van der Waals surface area contributed by atoms with Gasteiger partial charge in [-0.1, -0.05) is 32.4 Å². The highest BCUT2D eigenvalue weighted by Gasteiger charge is 2.45. The lowest BCUT2D eigenvalue weighted by Gasteiger charge is -2.44. The summed E-state index contributed by atoms with van der Waals surface area (Å²) < 4.78 is 5.15. The Hall–Kier alpha value is -1.31. The van der Waals surface area contributed by atoms with Crippen LogP contribution in [0.3, 0.4) is 0 Å². The second-order valence-electron chi connectivity index (χ2n) is 6.29. The van der Waals surface area contributed by atoms with E-state index >= 15 is 0 Å². The first-order chi connectivity index (χ1) is 9.58. The van der Waals surface area contributed by atoms with Gasteiger partial charge in [0, 0.05) is 11.8 Å². The van der Waals surface area contributed by atoms with Crippen LogP contribution in [0.2, 0.25) is 0 Å². The number of methoxy groups -OCH3 is 1. The zero-order valence-electron chi connectivity index (χ0n) is 12.9. The van der Waals surface area contributed by atoms with E-state index in [1.807, 2.05) is 12.1 Å². The van der Waals surface area contributed by atoms with E-state index in [1.165, 1.54) is 12.0 Å². The molecule has 20 heavy (non-hydrogen) atoms. The van der Waals surface area contributed by atoms with Crippen LogP contribution in [0.5, 0.6) is 5.75 Å². The van der Waals surface area contributed by atoms with E-state index in [0.29, 0.717) is 11.7 Å². The number of rotatable bonds is 7. The molecule has 0 aromatic heterocycles. The van der Waals surface area contributed by atoms with Crippen molar-refractivity contribution in [1.29, 1.82) is 0 Å². The molecule has 0 radical (unpaired) electrons. The van der Waals surface area contributed by atoms with Gasteiger partial charge < -0.3 is 4.74 Å². The Morgan fingerprint density at radius 1 is 1.25 bits per heavy atom. The van der Waals surface area contributed by atoms with Crippen molar-refractivity contribution < 1.29 is 9.53 Å². The summed E-state index contributed by atoms with van der Waals surface area (Å²) >= 11 is 0. The zero-order chi connectivity index (χ0) is 14.6. The van der Waals surface area contributed by atoms with E-state index in [2.05, 4.69) is 26.0 Å². The number of hydrogen-bond acceptors (Lipinski definition) is 2. The van der Waals surface area contributed by atoms with Crippen LogP contribution in [-0.4, -0.2) is 12.9 Å². The lowest BCUT2D eigenvalue weighted by atomic mass is 9.59. The predicted molar refractivity (Wildman–Crippen MR) is 82.1 cm³/mol. The molecule has 1 aromatic rings. The van der Waals surface area contributed by atoms with E-state index in [4.69, 9.17) is 4.74 Å². The molecule has 0 atom stereocenters. The monoisotopic (exact) mass is 274 g/mol. The van der Waals surface area contributed by atoms with E-state index < -0.39 is 0 Å². The Morgan fingerprint density at radius 3 is 2.35 bits per heavy atom. The molecule has 1 aromatic carbocycles. The molecule has 110 valence electrons. The summed E-state index contributed by atoms with van der Waals surface area (Å²) in [6.07, 6.45) is 6.09. The molecule has 2 heteroatoms. The van der Waals surface area contributed by atoms with Crippen LogP contribution < -0.4 is 4.74 Å². The molecule has 0 N–H and O–H groups in total. The number of carbonyl (C=O) groups excluding carboxylic acids is 1. The smallest absolute Gasteiger partial charge is 0.139 e. The van der Waals surface area contributed by atoms with E-state index in [0.717, 1.165) is 37.9 Å². The van der Waals surface area contributed by atoms with Gasteiger partial charge in [-0.15, -0.1) is 0 Å². The summed E-state index contributed by atoms with van der Waals surface area (Å²) in [4.78, 5) is 12.5. The maximum absolute atomic E-state index is 12.5. The largest absolute Gasteiger partial charge is 0.497 e. The molecule has 1 fully saturated rings. The molecule has 0 spiro atoms. The summed E-state index contributed by atoms with van der Waals surface area (Å²) in [5, 5.41) is 0. The topological polar surface area (TPSA) is 26.3 Å². The molecule has 0 heterocycles. The van der Waals surface area contributed by atoms with E-state index in [1.54, 1.807) is 7.11 Å². The fraction of sp³-hybridized carbons (Fsp3) is 0.611. The highest BCUT2D eigenvalue weighted by atomic mass is 16.5. The lowest BCUT2D eigenvalue weighted by molar-refractivity contribution is -0.137. The summed E-state index contributed by atoms with van der Waals surface area (Å²) in [6, 6.07) is 8.15. The highest BCUT2D eigenvalue weighted by molar-refractivity contribution is 5.85. The minimum Gasteiger partial charge on any atom is -0.497 e. The van der Waals surface area contributed by atoms with Crippen LogP contribution in [-0.2, 0) is 11.2 Å². The Balaban J connectivity index is 1.81. The average Bonchev–Trinajstić information content (AvgIpc) is 2.37. The number of aryl methyl sites for hydroxylation is 1. The zero-order valence-corrected chi connectivity index (χ0v) is 12.9. The van der Waals surface area contributed by atoms with Crippen molar-refractivity contribution in [2.45, 2.75) is 52.4 Å². The molecule has 0 bridgehead atoms. The number of ketones is 1. The Labute approximate surface area is 122 Å². The maximum Gasteiger partial charge on any atom is 0.139 e. The van der Waals surface area contributed by atoms with Crippen molar-refractivity contribution in [1.82, 2.24) is 0 Å². The minimum absolute atomic E-state index is 0.0138. The average molecular weight is 274 g/mol. The van der Waals surface area contributed by atoms with Crippen LogP contribution in [0.1, 0.15) is 51.5 Å². The van der Waals surface area contributed by atoms with Gasteiger partial charge in [0.25, 0.3) is 0 Å². The van der Waals surface area contributed by atoms with Gasteiger partial charge in [0.1, 0.15) is 11.5 Å². The third kappa shape index (κ3) is 3.05. The molecule has 2 rings (SSSR count). The Morgan fingerprint density at radius 2 is 1.90 bits per heavy atom. The molecular formula is C18H26O2. The van der Waals surface area contributed by atoms with Gasteiger partial charge in [0.05, 0.1) is 7.11 Å². The minimum atomic E-state index is 0.0138. The fourth-order valence-electron chi connectivity index (χ4n) is 3.23. The van der Waals surface area contributed by atoms with Crippen molar-refractivity contribution in [2.75, 3.05) is 7.11 Å². The number of ether oxygens (including phenoxy) is 1. The summed E-state index contributed by atoms with van der Waals surface area (Å²) in [6.45, 7) is 4.39. The quantitative estimate of drug-likeness (QED) is 0.736. The molecule has 0 unspecified atom stereocenters. The second kappa shape index (κ2) is 6.43. The van der Waals surface area contributed by atoms with Crippen molar-refractivity contribution in [3.63, 3.8) is 0 Å². The summed E-state index contributed by atoms with van der Waals surface area (Å²) in [7, 11) is 1.68. The van der Waals surface area contributed by atoms with Gasteiger partial charge in [0.2, 0.25) is 0 Å². The number of carbonyl (C=O) groups is 1. The third-order valence-corrected chi connectivity index (χ3v) is 4.93. The normalized spacial score (nSPS) is 16.8. The van der Waals surface area contributed by atoms with Gasteiger partial charge in [0.15, 0.2) is 0 Å². The SMILES string of the molecule is COc1ccc(CCCC(=O)C2(C(C)C)CCC2)cc1. The van der Waals surface area contributed by atoms with Crippen LogP contribution in [0.15, 0.2) is 24.3 Å². The van der Waals surface area contributed by atoms with Crippen molar-refractivity contribution in [2.24, 2.45) is 11.3 Å². The lowest BCUT2D eigenvalue weighted by Crippen LogP contribution is -2.42. The summed E-state index contributed by atoms with van der Waals surface area (Å²) in [5.41, 5.74) is 1.30. The number of hydrogen-bond donors (Lipinski definition) is 0. The summed E-state index contributed by atoms with van der Waals surface area (Å²) in [5.74, 6) is 1.87. The number of benzene rings is 1. The van der Waals surface area contributed by atoms with Gasteiger partial charge >= 0.3 is 0 Å². The molecule has 1 aliphatic carbocycles. The molecular weight excluding hydrogens is 248 g/mol. The van der Waals surface area contributed by atoms with Gasteiger partial charge in [-0.25, -0.2) is 0 Å². The molecule has 0 amide bonds. The van der Waals surface area contributed by atoms with Crippen LogP contribution in [0.25, 0.3) is 0 Å². The van der Waals surface area contributed by atoms with Crippen LogP contribution >= 0.6 is 0 Å². The maximum atomic E-state index is 12.5. The molecule has 1 saturated carbocycles. The fourth-order valence-corrected chi connectivity index (χ4v) is 3.23. The second-order valence-corrected chi connectivity index (χ2v) is 6.29. The van der Waals surface area contributed by atoms with Gasteiger partial charge in [-0.3, -0.25) is 4.79 Å². The standard InChI is InChI=1S/C18H26O2/c1-14(2)18(12-5-13-18)17(19)7-4-6-15-8-10-16(20-3)11-9-15/h8-11,14H,4-7,12-13H2,1-3H3. The van der Waals surface area contributed by atoms with Crippen molar-refractivity contribution >= 4 is 5.78 Å². The molecule has 0 aliphatic heterocycles. The molecule has 0 saturated heterocycles. The molecule has 1 aliphatic rings. The Bertz CT molecular complexity index is 441.